The maximum Gasteiger partial charge on any atom is 0.153 e. The van der Waals surface area contributed by atoms with Gasteiger partial charge in [0.1, 0.15) is 11.5 Å². The number of hydrogen-bond acceptors (Lipinski definition) is 3. The smallest absolute Gasteiger partial charge is 0.153 e. The lowest BCUT2D eigenvalue weighted by atomic mass is 10.0. The second kappa shape index (κ2) is 5.80. The van der Waals surface area contributed by atoms with Crippen LogP contribution in [0.15, 0.2) is 35.9 Å². The quantitative estimate of drug-likeness (QED) is 0.556. The van der Waals surface area contributed by atoms with Gasteiger partial charge in [0.15, 0.2) is 6.29 Å². The highest BCUT2D eigenvalue weighted by Crippen LogP contribution is 2.38. The lowest BCUT2D eigenvalue weighted by molar-refractivity contribution is 0.112. The molecule has 23 heavy (non-hydrogen) atoms. The van der Waals surface area contributed by atoms with Crippen molar-refractivity contribution in [3.63, 3.8) is 0 Å². The SMILES string of the molecule is COc1cccc2c1[nH]c1c(CC=C(C)C)c(O)c(C=O)cc12. The minimum Gasteiger partial charge on any atom is -0.507 e. The monoisotopic (exact) mass is 309 g/mol. The molecule has 0 amide bonds. The summed E-state index contributed by atoms with van der Waals surface area (Å²) in [5, 5.41) is 12.3. The number of phenols is 1. The zero-order chi connectivity index (χ0) is 16.6. The molecule has 1 aromatic heterocycles. The van der Waals surface area contributed by atoms with Gasteiger partial charge in [-0.3, -0.25) is 4.79 Å². The van der Waals surface area contributed by atoms with Crippen LogP contribution in [0.5, 0.6) is 11.5 Å². The number of nitrogens with one attached hydrogen (secondary N) is 1. The highest BCUT2D eigenvalue weighted by Gasteiger charge is 2.17. The summed E-state index contributed by atoms with van der Waals surface area (Å²) in [6.45, 7) is 4.01. The minimum atomic E-state index is 0.0375. The Labute approximate surface area is 134 Å². The van der Waals surface area contributed by atoms with E-state index in [0.29, 0.717) is 18.3 Å². The van der Waals surface area contributed by atoms with Crippen LogP contribution >= 0.6 is 0 Å². The van der Waals surface area contributed by atoms with E-state index in [1.165, 1.54) is 0 Å². The van der Waals surface area contributed by atoms with Crippen LogP contribution < -0.4 is 4.74 Å². The molecule has 0 saturated carbocycles. The molecule has 0 atom stereocenters. The number of rotatable bonds is 4. The molecule has 0 aliphatic carbocycles. The second-order valence-corrected chi connectivity index (χ2v) is 5.83. The number of methoxy groups -OCH3 is 1. The zero-order valence-electron chi connectivity index (χ0n) is 13.4. The van der Waals surface area contributed by atoms with E-state index in [0.717, 1.165) is 38.7 Å². The summed E-state index contributed by atoms with van der Waals surface area (Å²) in [6.07, 6.45) is 3.28. The fourth-order valence-electron chi connectivity index (χ4n) is 2.88. The summed E-state index contributed by atoms with van der Waals surface area (Å²) < 4.78 is 5.41. The van der Waals surface area contributed by atoms with E-state index in [1.54, 1.807) is 13.2 Å². The fourth-order valence-corrected chi connectivity index (χ4v) is 2.88. The van der Waals surface area contributed by atoms with Crippen LogP contribution in [0.4, 0.5) is 0 Å². The van der Waals surface area contributed by atoms with E-state index in [1.807, 2.05) is 38.1 Å². The summed E-state index contributed by atoms with van der Waals surface area (Å²) in [4.78, 5) is 14.7. The van der Waals surface area contributed by atoms with Gasteiger partial charge in [-0.1, -0.05) is 23.8 Å². The van der Waals surface area contributed by atoms with Crippen LogP contribution in [0, 0.1) is 0 Å². The Morgan fingerprint density at radius 2 is 2.04 bits per heavy atom. The molecule has 0 radical (unpaired) electrons. The lowest BCUT2D eigenvalue weighted by Crippen LogP contribution is -1.91. The molecule has 1 heterocycles. The number of benzene rings is 2. The Morgan fingerprint density at radius 1 is 1.26 bits per heavy atom. The van der Waals surface area contributed by atoms with E-state index in [2.05, 4.69) is 4.98 Å². The number of ether oxygens (including phenoxy) is 1. The van der Waals surface area contributed by atoms with Crippen molar-refractivity contribution in [2.45, 2.75) is 20.3 Å². The number of aromatic nitrogens is 1. The van der Waals surface area contributed by atoms with Crippen molar-refractivity contribution in [3.05, 3.63) is 47.0 Å². The maximum atomic E-state index is 11.3. The van der Waals surface area contributed by atoms with Gasteiger partial charge in [-0.05, 0) is 32.4 Å². The number of hydrogen-bond donors (Lipinski definition) is 2. The maximum absolute atomic E-state index is 11.3. The van der Waals surface area contributed by atoms with Gasteiger partial charge in [0, 0.05) is 16.3 Å². The average molecular weight is 309 g/mol. The molecule has 0 saturated heterocycles. The van der Waals surface area contributed by atoms with Gasteiger partial charge in [-0.2, -0.15) is 0 Å². The second-order valence-electron chi connectivity index (χ2n) is 5.83. The molecule has 0 aliphatic heterocycles. The third-order valence-corrected chi connectivity index (χ3v) is 4.06. The van der Waals surface area contributed by atoms with E-state index >= 15 is 0 Å². The summed E-state index contributed by atoms with van der Waals surface area (Å²) in [5.41, 5.74) is 3.89. The lowest BCUT2D eigenvalue weighted by Gasteiger charge is -2.07. The van der Waals surface area contributed by atoms with Crippen LogP contribution in [0.3, 0.4) is 0 Å². The van der Waals surface area contributed by atoms with Crippen LogP contribution in [0.25, 0.3) is 21.8 Å². The van der Waals surface area contributed by atoms with E-state index < -0.39 is 0 Å². The first-order chi connectivity index (χ1) is 11.1. The van der Waals surface area contributed by atoms with Crippen LogP contribution in [-0.2, 0) is 6.42 Å². The molecule has 3 aromatic rings. The van der Waals surface area contributed by atoms with Crippen LogP contribution in [0.2, 0.25) is 0 Å². The van der Waals surface area contributed by atoms with Crippen molar-refractivity contribution in [1.29, 1.82) is 0 Å². The highest BCUT2D eigenvalue weighted by molar-refractivity contribution is 6.12. The summed E-state index contributed by atoms with van der Waals surface area (Å²) in [5.74, 6) is 0.773. The van der Waals surface area contributed by atoms with Crippen molar-refractivity contribution in [2.24, 2.45) is 0 Å². The van der Waals surface area contributed by atoms with Gasteiger partial charge in [0.2, 0.25) is 0 Å². The molecule has 2 N–H and O–H groups in total. The van der Waals surface area contributed by atoms with Crippen LogP contribution in [-0.4, -0.2) is 23.5 Å². The Kier molecular flexibility index (Phi) is 3.82. The predicted molar refractivity (Wildman–Crippen MR) is 92.5 cm³/mol. The van der Waals surface area contributed by atoms with Crippen molar-refractivity contribution >= 4 is 28.1 Å². The number of aromatic hydroxyl groups is 1. The molecular formula is C19H19NO3. The summed E-state index contributed by atoms with van der Waals surface area (Å²) in [7, 11) is 1.62. The number of carbonyl (C=O) groups excluding carboxylic acids is 1. The van der Waals surface area contributed by atoms with Gasteiger partial charge in [-0.25, -0.2) is 0 Å². The first kappa shape index (κ1) is 15.2. The average Bonchev–Trinajstić information content (AvgIpc) is 2.91. The number of H-pyrrole nitrogens is 1. The first-order valence-electron chi connectivity index (χ1n) is 7.48. The first-order valence-corrected chi connectivity index (χ1v) is 7.48. The number of fused-ring (bicyclic) bond motifs is 3. The van der Waals surface area contributed by atoms with E-state index in [9.17, 15) is 9.90 Å². The molecule has 118 valence electrons. The predicted octanol–water partition coefficient (Wildman–Crippen LogP) is 4.36. The van der Waals surface area contributed by atoms with E-state index in [4.69, 9.17) is 4.74 Å². The van der Waals surface area contributed by atoms with Crippen molar-refractivity contribution in [3.8, 4) is 11.5 Å². The van der Waals surface area contributed by atoms with Gasteiger partial charge in [0.05, 0.1) is 23.7 Å². The molecule has 0 aliphatic rings. The number of aromatic amines is 1. The number of para-hydroxylation sites is 1. The van der Waals surface area contributed by atoms with Gasteiger partial charge < -0.3 is 14.8 Å². The number of phenolic OH excluding ortho intramolecular Hbond substituents is 1. The standard InChI is InChI=1S/C19H19NO3/c1-11(2)7-8-14-17-15(9-12(10-21)19(14)22)13-5-4-6-16(23-3)18(13)20-17/h4-7,9-10,20,22H,8H2,1-3H3. The minimum absolute atomic E-state index is 0.0375. The molecular weight excluding hydrogens is 290 g/mol. The van der Waals surface area contributed by atoms with Crippen LogP contribution in [0.1, 0.15) is 29.8 Å². The normalized spacial score (nSPS) is 10.9. The van der Waals surface area contributed by atoms with E-state index in [-0.39, 0.29) is 5.75 Å². The third-order valence-electron chi connectivity index (χ3n) is 4.06. The summed E-state index contributed by atoms with van der Waals surface area (Å²) >= 11 is 0. The molecule has 0 fully saturated rings. The Bertz CT molecular complexity index is 931. The van der Waals surface area contributed by atoms with Crippen molar-refractivity contribution in [2.75, 3.05) is 7.11 Å². The van der Waals surface area contributed by atoms with Gasteiger partial charge in [-0.15, -0.1) is 0 Å². The van der Waals surface area contributed by atoms with Gasteiger partial charge >= 0.3 is 0 Å². The molecule has 0 bridgehead atoms. The van der Waals surface area contributed by atoms with Crippen molar-refractivity contribution in [1.82, 2.24) is 4.98 Å². The molecule has 2 aromatic carbocycles. The molecule has 4 heteroatoms. The molecule has 4 nitrogen and oxygen atoms in total. The summed E-state index contributed by atoms with van der Waals surface area (Å²) in [6, 6.07) is 7.50. The molecule has 3 rings (SSSR count). The Balaban J connectivity index is 2.41. The fraction of sp³-hybridized carbons (Fsp3) is 0.211. The number of aldehydes is 1. The Hall–Kier alpha value is -2.75. The largest absolute Gasteiger partial charge is 0.507 e. The van der Waals surface area contributed by atoms with Gasteiger partial charge in [0.25, 0.3) is 0 Å². The highest BCUT2D eigenvalue weighted by atomic mass is 16.5. The number of allylic oxidation sites excluding steroid dienone is 2. The zero-order valence-corrected chi connectivity index (χ0v) is 13.4. The topological polar surface area (TPSA) is 62.3 Å². The molecule has 0 unspecified atom stereocenters. The number of carbonyl (C=O) groups is 1. The Morgan fingerprint density at radius 3 is 2.70 bits per heavy atom. The van der Waals surface area contributed by atoms with Crippen molar-refractivity contribution < 1.29 is 14.6 Å². The third kappa shape index (κ3) is 2.46. The molecule has 0 spiro atoms.